The highest BCUT2D eigenvalue weighted by atomic mass is 16.5. The highest BCUT2D eigenvalue weighted by Gasteiger charge is 2.30. The van der Waals surface area contributed by atoms with Gasteiger partial charge in [-0.3, -0.25) is 0 Å². The molecule has 108 valence electrons. The molecule has 0 aromatic rings. The zero-order valence-corrected chi connectivity index (χ0v) is 12.7. The zero-order chi connectivity index (χ0) is 13.6. The van der Waals surface area contributed by atoms with Crippen molar-refractivity contribution < 1.29 is 4.74 Å². The van der Waals surface area contributed by atoms with Crippen LogP contribution in [-0.4, -0.2) is 31.8 Å². The minimum absolute atomic E-state index is 0.0299. The Morgan fingerprint density at radius 2 is 1.78 bits per heavy atom. The Kier molecular flexibility index (Phi) is 6.09. The van der Waals surface area contributed by atoms with Crippen molar-refractivity contribution in [2.45, 2.75) is 58.9 Å². The second kappa shape index (κ2) is 6.88. The summed E-state index contributed by atoms with van der Waals surface area (Å²) in [5.41, 5.74) is 6.33. The summed E-state index contributed by atoms with van der Waals surface area (Å²) in [4.78, 5) is 0. The molecule has 1 saturated heterocycles. The van der Waals surface area contributed by atoms with Gasteiger partial charge < -0.3 is 15.8 Å². The van der Waals surface area contributed by atoms with Gasteiger partial charge >= 0.3 is 0 Å². The van der Waals surface area contributed by atoms with Gasteiger partial charge in [-0.2, -0.15) is 0 Å². The maximum Gasteiger partial charge on any atom is 0.0468 e. The molecule has 1 aliphatic heterocycles. The minimum Gasteiger partial charge on any atom is -0.381 e. The maximum atomic E-state index is 5.98. The second-order valence-electron chi connectivity index (χ2n) is 7.14. The topological polar surface area (TPSA) is 47.3 Å². The molecular weight excluding hydrogens is 224 g/mol. The summed E-state index contributed by atoms with van der Waals surface area (Å²) in [5.74, 6) is 0.796. The lowest BCUT2D eigenvalue weighted by atomic mass is 9.74. The third kappa shape index (κ3) is 6.17. The lowest BCUT2D eigenvalue weighted by Crippen LogP contribution is -2.39. The largest absolute Gasteiger partial charge is 0.381 e. The van der Waals surface area contributed by atoms with Crippen LogP contribution in [0.5, 0.6) is 0 Å². The molecule has 1 aliphatic rings. The van der Waals surface area contributed by atoms with Crippen molar-refractivity contribution in [2.75, 3.05) is 26.3 Å². The normalized spacial score (nSPS) is 19.2. The van der Waals surface area contributed by atoms with Crippen LogP contribution >= 0.6 is 0 Å². The summed E-state index contributed by atoms with van der Waals surface area (Å²) < 4.78 is 5.44. The quantitative estimate of drug-likeness (QED) is 0.688. The first-order chi connectivity index (χ1) is 8.31. The van der Waals surface area contributed by atoms with Gasteiger partial charge in [0.05, 0.1) is 0 Å². The van der Waals surface area contributed by atoms with E-state index in [1.54, 1.807) is 0 Å². The first-order valence-corrected chi connectivity index (χ1v) is 7.39. The standard InChI is InChI=1S/C15H32N2O/c1-14(2,13-6-10-18-11-7-13)12-17-9-5-8-15(3,4)16/h13,17H,5-12,16H2,1-4H3. The lowest BCUT2D eigenvalue weighted by Gasteiger charge is -2.37. The van der Waals surface area contributed by atoms with Crippen molar-refractivity contribution in [3.05, 3.63) is 0 Å². The van der Waals surface area contributed by atoms with E-state index in [0.29, 0.717) is 5.41 Å². The number of hydrogen-bond donors (Lipinski definition) is 2. The predicted molar refractivity (Wildman–Crippen MR) is 77.7 cm³/mol. The van der Waals surface area contributed by atoms with E-state index in [0.717, 1.165) is 45.1 Å². The van der Waals surface area contributed by atoms with E-state index in [1.807, 2.05) is 0 Å². The zero-order valence-electron chi connectivity index (χ0n) is 12.7. The Morgan fingerprint density at radius 3 is 2.33 bits per heavy atom. The maximum absolute atomic E-state index is 5.98. The van der Waals surface area contributed by atoms with E-state index in [2.05, 4.69) is 33.0 Å². The van der Waals surface area contributed by atoms with Crippen molar-refractivity contribution in [1.82, 2.24) is 5.32 Å². The molecule has 3 nitrogen and oxygen atoms in total. The van der Waals surface area contributed by atoms with Gasteiger partial charge in [-0.25, -0.2) is 0 Å². The van der Waals surface area contributed by atoms with Crippen LogP contribution in [0.2, 0.25) is 0 Å². The molecular formula is C15H32N2O. The van der Waals surface area contributed by atoms with Gasteiger partial charge in [-0.05, 0) is 57.4 Å². The number of hydrogen-bond acceptors (Lipinski definition) is 3. The van der Waals surface area contributed by atoms with Crippen LogP contribution in [-0.2, 0) is 4.74 Å². The average Bonchev–Trinajstić information content (AvgIpc) is 2.28. The molecule has 0 bridgehead atoms. The number of nitrogens with one attached hydrogen (secondary N) is 1. The fraction of sp³-hybridized carbons (Fsp3) is 1.00. The summed E-state index contributed by atoms with van der Waals surface area (Å²) >= 11 is 0. The van der Waals surface area contributed by atoms with Crippen molar-refractivity contribution in [3.8, 4) is 0 Å². The van der Waals surface area contributed by atoms with Gasteiger partial charge in [-0.15, -0.1) is 0 Å². The van der Waals surface area contributed by atoms with E-state index in [4.69, 9.17) is 10.5 Å². The van der Waals surface area contributed by atoms with Crippen LogP contribution in [0.25, 0.3) is 0 Å². The smallest absolute Gasteiger partial charge is 0.0468 e. The molecule has 1 heterocycles. The molecule has 0 aromatic heterocycles. The molecule has 0 unspecified atom stereocenters. The van der Waals surface area contributed by atoms with Crippen LogP contribution in [0, 0.1) is 11.3 Å². The molecule has 0 spiro atoms. The Hall–Kier alpha value is -0.120. The average molecular weight is 256 g/mol. The summed E-state index contributed by atoms with van der Waals surface area (Å²) in [6.45, 7) is 13.0. The third-order valence-electron chi connectivity index (χ3n) is 4.08. The van der Waals surface area contributed by atoms with E-state index in [9.17, 15) is 0 Å². The Labute approximate surface area is 113 Å². The molecule has 0 saturated carbocycles. The molecule has 0 aromatic carbocycles. The fourth-order valence-electron chi connectivity index (χ4n) is 2.70. The first kappa shape index (κ1) is 15.9. The van der Waals surface area contributed by atoms with Crippen molar-refractivity contribution in [1.29, 1.82) is 0 Å². The van der Waals surface area contributed by atoms with Crippen LogP contribution in [0.3, 0.4) is 0 Å². The van der Waals surface area contributed by atoms with E-state index in [1.165, 1.54) is 12.8 Å². The molecule has 0 radical (unpaired) electrons. The van der Waals surface area contributed by atoms with Crippen molar-refractivity contribution in [3.63, 3.8) is 0 Å². The van der Waals surface area contributed by atoms with Crippen molar-refractivity contribution >= 4 is 0 Å². The van der Waals surface area contributed by atoms with Crippen molar-refractivity contribution in [2.24, 2.45) is 17.1 Å². The lowest BCUT2D eigenvalue weighted by molar-refractivity contribution is 0.0228. The highest BCUT2D eigenvalue weighted by molar-refractivity contribution is 4.82. The first-order valence-electron chi connectivity index (χ1n) is 7.39. The Morgan fingerprint density at radius 1 is 1.17 bits per heavy atom. The molecule has 0 amide bonds. The second-order valence-corrected chi connectivity index (χ2v) is 7.14. The van der Waals surface area contributed by atoms with Crippen LogP contribution < -0.4 is 11.1 Å². The Balaban J connectivity index is 2.16. The predicted octanol–water partition coefficient (Wildman–Crippen LogP) is 2.55. The molecule has 1 rings (SSSR count). The number of ether oxygens (including phenoxy) is 1. The molecule has 3 N–H and O–H groups in total. The van der Waals surface area contributed by atoms with E-state index >= 15 is 0 Å². The monoisotopic (exact) mass is 256 g/mol. The molecule has 0 aliphatic carbocycles. The van der Waals surface area contributed by atoms with Gasteiger partial charge in [-0.1, -0.05) is 13.8 Å². The Bertz CT molecular complexity index is 227. The highest BCUT2D eigenvalue weighted by Crippen LogP contribution is 2.33. The summed E-state index contributed by atoms with van der Waals surface area (Å²) in [6.07, 6.45) is 4.67. The molecule has 0 atom stereocenters. The SMILES string of the molecule is CC(C)(N)CCCNCC(C)(C)C1CCOCC1. The molecule has 3 heteroatoms. The summed E-state index contributed by atoms with van der Waals surface area (Å²) in [5, 5.41) is 3.60. The number of nitrogens with two attached hydrogens (primary N) is 1. The van der Waals surface area contributed by atoms with Gasteiger partial charge in [0.1, 0.15) is 0 Å². The van der Waals surface area contributed by atoms with Gasteiger partial charge in [0, 0.05) is 25.3 Å². The van der Waals surface area contributed by atoms with E-state index < -0.39 is 0 Å². The van der Waals surface area contributed by atoms with Crippen LogP contribution in [0.15, 0.2) is 0 Å². The fourth-order valence-corrected chi connectivity index (χ4v) is 2.70. The third-order valence-corrected chi connectivity index (χ3v) is 4.08. The van der Waals surface area contributed by atoms with Gasteiger partial charge in [0.25, 0.3) is 0 Å². The minimum atomic E-state index is -0.0299. The molecule has 1 fully saturated rings. The van der Waals surface area contributed by atoms with Gasteiger partial charge in [0.15, 0.2) is 0 Å². The molecule has 18 heavy (non-hydrogen) atoms. The van der Waals surface area contributed by atoms with Crippen LogP contribution in [0.1, 0.15) is 53.4 Å². The summed E-state index contributed by atoms with van der Waals surface area (Å²) in [6, 6.07) is 0. The van der Waals surface area contributed by atoms with Gasteiger partial charge in [0.2, 0.25) is 0 Å². The number of rotatable bonds is 7. The van der Waals surface area contributed by atoms with Crippen LogP contribution in [0.4, 0.5) is 0 Å². The summed E-state index contributed by atoms with van der Waals surface area (Å²) in [7, 11) is 0. The van der Waals surface area contributed by atoms with E-state index in [-0.39, 0.29) is 5.54 Å².